The number of benzene rings is 2. The molecule has 0 saturated carbocycles. The topological polar surface area (TPSA) is 69.2 Å². The second-order valence-electron chi connectivity index (χ2n) is 9.18. The van der Waals surface area contributed by atoms with E-state index in [1.54, 1.807) is 12.1 Å². The molecule has 0 aromatic heterocycles. The van der Waals surface area contributed by atoms with E-state index in [9.17, 15) is 22.4 Å². The largest absolute Gasteiger partial charge is 0.493 e. The van der Waals surface area contributed by atoms with Gasteiger partial charge in [0.15, 0.2) is 5.82 Å². The number of fused-ring (bicyclic) bond motifs is 1. The van der Waals surface area contributed by atoms with Gasteiger partial charge < -0.3 is 19.6 Å². The fourth-order valence-electron chi connectivity index (χ4n) is 4.88. The lowest BCUT2D eigenvalue weighted by Gasteiger charge is -2.29. The molecule has 1 amide bonds. The van der Waals surface area contributed by atoms with Gasteiger partial charge in [0.2, 0.25) is 5.91 Å². The molecule has 0 spiro atoms. The van der Waals surface area contributed by atoms with E-state index in [-0.39, 0.29) is 30.7 Å². The maximum absolute atomic E-state index is 14.4. The SMILES string of the molecule is O=C(CC1CCCO1)NCc1ccc(C2=NO[C@@](c3cc(Cl)c(F)c(Cl)c3)(C(F)(F)F)C2)c2c1OCC2. The molecule has 1 N–H and O–H groups in total. The van der Waals surface area contributed by atoms with E-state index in [4.69, 9.17) is 37.5 Å². The van der Waals surface area contributed by atoms with Crippen molar-refractivity contribution < 1.29 is 36.7 Å². The maximum atomic E-state index is 14.4. The number of carbonyl (C=O) groups excluding carboxylic acids is 1. The molecular formula is C25H22Cl2F4N2O4. The summed E-state index contributed by atoms with van der Waals surface area (Å²) in [6.45, 7) is 1.20. The summed E-state index contributed by atoms with van der Waals surface area (Å²) in [6.07, 6.45) is -3.15. The summed E-state index contributed by atoms with van der Waals surface area (Å²) in [6, 6.07) is 5.04. The maximum Gasteiger partial charge on any atom is 0.435 e. The van der Waals surface area contributed by atoms with Gasteiger partial charge in [0.25, 0.3) is 5.60 Å². The first kappa shape index (κ1) is 26.1. The van der Waals surface area contributed by atoms with Gasteiger partial charge in [0.1, 0.15) is 5.75 Å². The van der Waals surface area contributed by atoms with Crippen molar-refractivity contribution in [1.82, 2.24) is 5.32 Å². The van der Waals surface area contributed by atoms with Gasteiger partial charge in [0, 0.05) is 48.2 Å². The second-order valence-corrected chi connectivity index (χ2v) is 9.99. The number of hydrogen-bond acceptors (Lipinski definition) is 5. The number of alkyl halides is 3. The van der Waals surface area contributed by atoms with Crippen LogP contribution in [0.3, 0.4) is 0 Å². The van der Waals surface area contributed by atoms with Crippen LogP contribution in [-0.4, -0.2) is 37.1 Å². The molecular weight excluding hydrogens is 539 g/mol. The van der Waals surface area contributed by atoms with Gasteiger partial charge in [0.05, 0.1) is 34.9 Å². The van der Waals surface area contributed by atoms with Gasteiger partial charge in [-0.05, 0) is 25.0 Å². The summed E-state index contributed by atoms with van der Waals surface area (Å²) in [5, 5.41) is 5.55. The molecule has 1 fully saturated rings. The van der Waals surface area contributed by atoms with E-state index < -0.39 is 39.6 Å². The van der Waals surface area contributed by atoms with Gasteiger partial charge in [-0.25, -0.2) is 4.39 Å². The van der Waals surface area contributed by atoms with E-state index in [2.05, 4.69) is 10.5 Å². The monoisotopic (exact) mass is 560 g/mol. The lowest BCUT2D eigenvalue weighted by molar-refractivity contribution is -0.275. The third kappa shape index (κ3) is 4.86. The summed E-state index contributed by atoms with van der Waals surface area (Å²) in [5.74, 6) is -0.658. The fraction of sp³-hybridized carbons (Fsp3) is 0.440. The van der Waals surface area contributed by atoms with E-state index >= 15 is 0 Å². The molecule has 37 heavy (non-hydrogen) atoms. The smallest absolute Gasteiger partial charge is 0.435 e. The molecule has 5 rings (SSSR count). The Bertz CT molecular complexity index is 1240. The van der Waals surface area contributed by atoms with E-state index in [0.29, 0.717) is 42.1 Å². The van der Waals surface area contributed by atoms with Crippen LogP contribution in [0.1, 0.15) is 47.9 Å². The Labute approximate surface area is 219 Å². The number of rotatable bonds is 6. The molecule has 0 bridgehead atoms. The van der Waals surface area contributed by atoms with Crippen molar-refractivity contribution in [3.8, 4) is 5.75 Å². The van der Waals surface area contributed by atoms with Crippen LogP contribution in [0, 0.1) is 5.82 Å². The van der Waals surface area contributed by atoms with Crippen LogP contribution in [-0.2, 0) is 32.9 Å². The highest BCUT2D eigenvalue weighted by Crippen LogP contribution is 2.50. The van der Waals surface area contributed by atoms with E-state index in [1.807, 2.05) is 0 Å². The number of nitrogens with zero attached hydrogens (tertiary/aromatic N) is 1. The average molecular weight is 561 g/mol. The Morgan fingerprint density at radius 2 is 1.95 bits per heavy atom. The zero-order valence-corrected chi connectivity index (χ0v) is 20.9. The molecule has 3 aliphatic heterocycles. The van der Waals surface area contributed by atoms with Gasteiger partial charge in [-0.2, -0.15) is 13.2 Å². The molecule has 2 aromatic rings. The molecule has 2 atom stereocenters. The number of hydrogen-bond donors (Lipinski definition) is 1. The first-order valence-electron chi connectivity index (χ1n) is 11.7. The molecule has 1 unspecified atom stereocenters. The third-order valence-electron chi connectivity index (χ3n) is 6.80. The van der Waals surface area contributed by atoms with Crippen LogP contribution in [0.2, 0.25) is 10.0 Å². The zero-order chi connectivity index (χ0) is 26.4. The molecule has 3 aliphatic rings. The van der Waals surface area contributed by atoms with Crippen LogP contribution in [0.15, 0.2) is 29.4 Å². The number of carbonyl (C=O) groups is 1. The predicted octanol–water partition coefficient (Wildman–Crippen LogP) is 5.83. The van der Waals surface area contributed by atoms with Crippen molar-refractivity contribution in [2.75, 3.05) is 13.2 Å². The molecule has 1 saturated heterocycles. The predicted molar refractivity (Wildman–Crippen MR) is 127 cm³/mol. The Morgan fingerprint density at radius 3 is 2.62 bits per heavy atom. The van der Waals surface area contributed by atoms with Gasteiger partial charge in [-0.15, -0.1) is 0 Å². The highest BCUT2D eigenvalue weighted by Gasteiger charge is 2.62. The standard InChI is InChI=1S/C25H22Cl2F4N2O4/c26-18-8-14(9-19(27)22(18)28)24(25(29,30)31)11-20(33-37-24)16-4-3-13(23-17(16)5-7-36-23)12-32-21(34)10-15-2-1-6-35-15/h3-4,8-9,15H,1-2,5-7,10-12H2,(H,32,34)/t15?,24-/m0/s1. The van der Waals surface area contributed by atoms with Gasteiger partial charge in [-0.1, -0.05) is 40.5 Å². The summed E-state index contributed by atoms with van der Waals surface area (Å²) < 4.78 is 68.3. The normalized spacial score (nSPS) is 22.9. The van der Waals surface area contributed by atoms with Crippen LogP contribution < -0.4 is 10.1 Å². The minimum atomic E-state index is -4.91. The highest BCUT2D eigenvalue weighted by atomic mass is 35.5. The minimum absolute atomic E-state index is 0.0598. The Hall–Kier alpha value is -2.56. The lowest BCUT2D eigenvalue weighted by Crippen LogP contribution is -2.42. The van der Waals surface area contributed by atoms with Gasteiger partial charge >= 0.3 is 6.18 Å². The Balaban J connectivity index is 1.38. The number of halogens is 6. The molecule has 2 aromatic carbocycles. The first-order chi connectivity index (χ1) is 17.6. The number of ether oxygens (including phenoxy) is 2. The average Bonchev–Trinajstić information content (AvgIpc) is 3.61. The van der Waals surface area contributed by atoms with Crippen molar-refractivity contribution in [1.29, 1.82) is 0 Å². The van der Waals surface area contributed by atoms with Crippen molar-refractivity contribution in [3.63, 3.8) is 0 Å². The lowest BCUT2D eigenvalue weighted by atomic mass is 9.85. The summed E-state index contributed by atoms with van der Waals surface area (Å²) in [4.78, 5) is 17.4. The van der Waals surface area contributed by atoms with Crippen molar-refractivity contribution in [3.05, 3.63) is 62.4 Å². The Morgan fingerprint density at radius 1 is 1.19 bits per heavy atom. The molecule has 198 valence electrons. The first-order valence-corrected chi connectivity index (χ1v) is 12.5. The minimum Gasteiger partial charge on any atom is -0.493 e. The van der Waals surface area contributed by atoms with Crippen molar-refractivity contribution in [2.45, 2.75) is 56.5 Å². The van der Waals surface area contributed by atoms with Crippen LogP contribution in [0.4, 0.5) is 17.6 Å². The second kappa shape index (κ2) is 9.96. The van der Waals surface area contributed by atoms with Crippen LogP contribution in [0.5, 0.6) is 5.75 Å². The fourth-order valence-corrected chi connectivity index (χ4v) is 5.37. The zero-order valence-electron chi connectivity index (χ0n) is 19.4. The highest BCUT2D eigenvalue weighted by molar-refractivity contribution is 6.35. The summed E-state index contributed by atoms with van der Waals surface area (Å²) >= 11 is 11.6. The van der Waals surface area contributed by atoms with Crippen LogP contribution >= 0.6 is 23.2 Å². The number of nitrogens with one attached hydrogen (secondary N) is 1. The van der Waals surface area contributed by atoms with E-state index in [1.165, 1.54) is 0 Å². The Kier molecular flexibility index (Phi) is 7.02. The number of oxime groups is 1. The molecule has 12 heteroatoms. The summed E-state index contributed by atoms with van der Waals surface area (Å²) in [7, 11) is 0. The number of amides is 1. The third-order valence-corrected chi connectivity index (χ3v) is 7.35. The quantitative estimate of drug-likeness (QED) is 0.356. The van der Waals surface area contributed by atoms with Crippen molar-refractivity contribution >= 4 is 34.8 Å². The van der Waals surface area contributed by atoms with E-state index in [0.717, 1.165) is 25.0 Å². The van der Waals surface area contributed by atoms with Gasteiger partial charge in [-0.3, -0.25) is 4.79 Å². The molecule has 0 aliphatic carbocycles. The molecule has 3 heterocycles. The molecule has 0 radical (unpaired) electrons. The van der Waals surface area contributed by atoms with Crippen molar-refractivity contribution in [2.24, 2.45) is 5.16 Å². The molecule has 6 nitrogen and oxygen atoms in total. The van der Waals surface area contributed by atoms with Crippen LogP contribution in [0.25, 0.3) is 0 Å². The summed E-state index contributed by atoms with van der Waals surface area (Å²) in [5.41, 5.74) is -1.44.